The molecule has 1 aliphatic heterocycles. The van der Waals surface area contributed by atoms with E-state index in [1.807, 2.05) is 24.5 Å². The molecule has 1 N–H and O–H groups in total. The summed E-state index contributed by atoms with van der Waals surface area (Å²) in [5.41, 5.74) is 2.21. The number of hydrogen-bond acceptors (Lipinski definition) is 5. The highest BCUT2D eigenvalue weighted by Crippen LogP contribution is 2.23. The number of aromatic nitrogens is 1. The van der Waals surface area contributed by atoms with E-state index >= 15 is 0 Å². The Bertz CT molecular complexity index is 753. The molecule has 0 saturated carbocycles. The number of rotatable bonds is 5. The fourth-order valence-electron chi connectivity index (χ4n) is 3.03. The summed E-state index contributed by atoms with van der Waals surface area (Å²) in [5.74, 6) is 0.637. The first-order valence-electron chi connectivity index (χ1n) is 8.21. The number of pyridine rings is 1. The third-order valence-corrected chi connectivity index (χ3v) is 5.65. The van der Waals surface area contributed by atoms with E-state index in [1.165, 1.54) is 11.9 Å². The third-order valence-electron chi connectivity index (χ3n) is 4.52. The summed E-state index contributed by atoms with van der Waals surface area (Å²) >= 11 is 0. The summed E-state index contributed by atoms with van der Waals surface area (Å²) < 4.78 is 22.9. The van der Waals surface area contributed by atoms with Gasteiger partial charge in [0, 0.05) is 49.7 Å². The molecule has 3 rings (SSSR count). The van der Waals surface area contributed by atoms with Crippen LogP contribution in [0.2, 0.25) is 0 Å². The Kier molecular flexibility index (Phi) is 5.04. The molecule has 0 aliphatic carbocycles. The minimum absolute atomic E-state index is 0.360. The normalized spacial score (nSPS) is 16.1. The van der Waals surface area contributed by atoms with Gasteiger partial charge in [-0.15, -0.1) is 0 Å². The molecule has 0 amide bonds. The Morgan fingerprint density at radius 2 is 1.71 bits per heavy atom. The highest BCUT2D eigenvalue weighted by Gasteiger charge is 2.19. The Morgan fingerprint density at radius 1 is 1.08 bits per heavy atom. The van der Waals surface area contributed by atoms with Crippen LogP contribution in [0.4, 0.5) is 11.4 Å². The van der Waals surface area contributed by atoms with Crippen LogP contribution in [0.3, 0.4) is 0 Å². The van der Waals surface area contributed by atoms with Crippen LogP contribution in [-0.4, -0.2) is 39.3 Å². The van der Waals surface area contributed by atoms with Crippen LogP contribution in [0.1, 0.15) is 12.8 Å². The maximum absolute atomic E-state index is 11.5. The third kappa shape index (κ3) is 4.26. The predicted molar refractivity (Wildman–Crippen MR) is 97.2 cm³/mol. The second-order valence-electron chi connectivity index (χ2n) is 6.31. The topological polar surface area (TPSA) is 62.3 Å². The molecule has 2 heterocycles. The van der Waals surface area contributed by atoms with Crippen molar-refractivity contribution in [2.75, 3.05) is 36.1 Å². The van der Waals surface area contributed by atoms with Crippen molar-refractivity contribution in [3.05, 3.63) is 48.8 Å². The zero-order chi connectivity index (χ0) is 17.0. The SMILES string of the molecule is CS(=O)(=O)c1ccc(NCC2CCN(c3ccncc3)CC2)cc1. The minimum atomic E-state index is -3.13. The van der Waals surface area contributed by atoms with Gasteiger partial charge in [0.2, 0.25) is 0 Å². The van der Waals surface area contributed by atoms with Crippen molar-refractivity contribution in [3.63, 3.8) is 0 Å². The number of anilines is 2. The lowest BCUT2D eigenvalue weighted by Gasteiger charge is -2.33. The number of benzene rings is 1. The van der Waals surface area contributed by atoms with Crippen molar-refractivity contribution < 1.29 is 8.42 Å². The van der Waals surface area contributed by atoms with Gasteiger partial charge in [0.1, 0.15) is 0 Å². The van der Waals surface area contributed by atoms with Gasteiger partial charge >= 0.3 is 0 Å². The van der Waals surface area contributed by atoms with Crippen LogP contribution < -0.4 is 10.2 Å². The van der Waals surface area contributed by atoms with E-state index in [9.17, 15) is 8.42 Å². The molecule has 1 saturated heterocycles. The van der Waals surface area contributed by atoms with E-state index in [4.69, 9.17) is 0 Å². The molecule has 0 radical (unpaired) electrons. The molecule has 6 heteroatoms. The fraction of sp³-hybridized carbons (Fsp3) is 0.389. The maximum Gasteiger partial charge on any atom is 0.175 e. The van der Waals surface area contributed by atoms with Crippen molar-refractivity contribution in [1.82, 2.24) is 4.98 Å². The van der Waals surface area contributed by atoms with Crippen LogP contribution in [0.15, 0.2) is 53.7 Å². The van der Waals surface area contributed by atoms with E-state index in [0.29, 0.717) is 10.8 Å². The van der Waals surface area contributed by atoms with Crippen LogP contribution in [0.25, 0.3) is 0 Å². The van der Waals surface area contributed by atoms with Crippen molar-refractivity contribution in [1.29, 1.82) is 0 Å². The molecule has 1 aromatic heterocycles. The van der Waals surface area contributed by atoms with Crippen molar-refractivity contribution >= 4 is 21.2 Å². The van der Waals surface area contributed by atoms with Gasteiger partial charge in [-0.2, -0.15) is 0 Å². The van der Waals surface area contributed by atoms with Gasteiger partial charge < -0.3 is 10.2 Å². The highest BCUT2D eigenvalue weighted by atomic mass is 32.2. The Labute approximate surface area is 143 Å². The molecule has 0 atom stereocenters. The first-order chi connectivity index (χ1) is 11.5. The molecule has 1 aromatic carbocycles. The summed E-state index contributed by atoms with van der Waals surface area (Å²) in [6, 6.07) is 11.1. The van der Waals surface area contributed by atoms with Crippen LogP contribution in [0.5, 0.6) is 0 Å². The molecular weight excluding hydrogens is 322 g/mol. The number of piperidine rings is 1. The molecule has 2 aromatic rings. The number of sulfone groups is 1. The standard InChI is InChI=1S/C18H23N3O2S/c1-24(22,23)18-4-2-16(3-5-18)20-14-15-8-12-21(13-9-15)17-6-10-19-11-7-17/h2-7,10-11,15,20H,8-9,12-14H2,1H3. The van der Waals surface area contributed by atoms with Gasteiger partial charge in [-0.3, -0.25) is 4.98 Å². The predicted octanol–water partition coefficient (Wildman–Crippen LogP) is 2.81. The average molecular weight is 345 g/mol. The van der Waals surface area contributed by atoms with Crippen LogP contribution in [-0.2, 0) is 9.84 Å². The van der Waals surface area contributed by atoms with E-state index in [2.05, 4.69) is 27.3 Å². The minimum Gasteiger partial charge on any atom is -0.385 e. The number of nitrogens with one attached hydrogen (secondary N) is 1. The average Bonchev–Trinajstić information content (AvgIpc) is 2.61. The highest BCUT2D eigenvalue weighted by molar-refractivity contribution is 7.90. The molecule has 0 bridgehead atoms. The monoisotopic (exact) mass is 345 g/mol. The molecule has 0 unspecified atom stereocenters. The Hall–Kier alpha value is -2.08. The summed E-state index contributed by atoms with van der Waals surface area (Å²) in [6.45, 7) is 3.04. The van der Waals surface area contributed by atoms with Crippen LogP contribution in [0, 0.1) is 5.92 Å². The molecule has 24 heavy (non-hydrogen) atoms. The quantitative estimate of drug-likeness (QED) is 0.903. The van der Waals surface area contributed by atoms with Gasteiger partial charge in [-0.05, 0) is 55.2 Å². The Morgan fingerprint density at radius 3 is 2.29 bits per heavy atom. The van der Waals surface area contributed by atoms with E-state index in [-0.39, 0.29) is 0 Å². The van der Waals surface area contributed by atoms with Crippen molar-refractivity contribution in [2.45, 2.75) is 17.7 Å². The lowest BCUT2D eigenvalue weighted by atomic mass is 9.96. The van der Waals surface area contributed by atoms with Gasteiger partial charge in [0.05, 0.1) is 4.90 Å². The summed E-state index contributed by atoms with van der Waals surface area (Å²) in [4.78, 5) is 6.83. The first-order valence-corrected chi connectivity index (χ1v) is 10.1. The summed E-state index contributed by atoms with van der Waals surface area (Å²) in [7, 11) is -3.13. The molecule has 1 fully saturated rings. The molecule has 1 aliphatic rings. The molecule has 5 nitrogen and oxygen atoms in total. The van der Waals surface area contributed by atoms with Crippen molar-refractivity contribution in [2.24, 2.45) is 5.92 Å². The van der Waals surface area contributed by atoms with E-state index in [1.54, 1.807) is 12.1 Å². The summed E-state index contributed by atoms with van der Waals surface area (Å²) in [6.07, 6.45) is 7.20. The smallest absolute Gasteiger partial charge is 0.175 e. The number of nitrogens with zero attached hydrogens (tertiary/aromatic N) is 2. The largest absolute Gasteiger partial charge is 0.385 e. The molecular formula is C18H23N3O2S. The van der Waals surface area contributed by atoms with Gasteiger partial charge in [0.15, 0.2) is 9.84 Å². The maximum atomic E-state index is 11.5. The fourth-order valence-corrected chi connectivity index (χ4v) is 3.66. The van der Waals surface area contributed by atoms with Crippen LogP contribution >= 0.6 is 0 Å². The zero-order valence-corrected chi connectivity index (χ0v) is 14.7. The molecule has 0 spiro atoms. The zero-order valence-electron chi connectivity index (χ0n) is 13.9. The lowest BCUT2D eigenvalue weighted by Crippen LogP contribution is -2.35. The second-order valence-corrected chi connectivity index (χ2v) is 8.33. The number of hydrogen-bond donors (Lipinski definition) is 1. The van der Waals surface area contributed by atoms with E-state index in [0.717, 1.165) is 38.2 Å². The van der Waals surface area contributed by atoms with Gasteiger partial charge in [0.25, 0.3) is 0 Å². The van der Waals surface area contributed by atoms with Gasteiger partial charge in [-0.25, -0.2) is 8.42 Å². The Balaban J connectivity index is 1.48. The van der Waals surface area contributed by atoms with E-state index < -0.39 is 9.84 Å². The summed E-state index contributed by atoms with van der Waals surface area (Å²) in [5, 5.41) is 3.42. The lowest BCUT2D eigenvalue weighted by molar-refractivity contribution is 0.423. The second kappa shape index (κ2) is 7.21. The molecule has 128 valence electrons. The van der Waals surface area contributed by atoms with Gasteiger partial charge in [-0.1, -0.05) is 0 Å². The first kappa shape index (κ1) is 16.8. The van der Waals surface area contributed by atoms with Crippen molar-refractivity contribution in [3.8, 4) is 0 Å².